The van der Waals surface area contributed by atoms with Crippen LogP contribution < -0.4 is 0 Å². The van der Waals surface area contributed by atoms with E-state index in [0.717, 1.165) is 6.42 Å². The molecule has 0 aromatic heterocycles. The first kappa shape index (κ1) is 13.4. The van der Waals surface area contributed by atoms with Crippen molar-refractivity contribution in [2.75, 3.05) is 0 Å². The second-order valence-electron chi connectivity index (χ2n) is 4.50. The molecule has 0 N–H and O–H groups in total. The quantitative estimate of drug-likeness (QED) is 0.619. The second kappa shape index (κ2) is 6.75. The van der Waals surface area contributed by atoms with Gasteiger partial charge < -0.3 is 0 Å². The van der Waals surface area contributed by atoms with Crippen LogP contribution in [0, 0.1) is 0 Å². The fraction of sp³-hybridized carbons (Fsp3) is 0.158. The van der Waals surface area contributed by atoms with E-state index in [0.29, 0.717) is 0 Å². The van der Waals surface area contributed by atoms with Crippen LogP contribution in [0.5, 0.6) is 0 Å². The summed E-state index contributed by atoms with van der Waals surface area (Å²) >= 11 is 0. The highest BCUT2D eigenvalue weighted by molar-refractivity contribution is 5.83. The zero-order valence-corrected chi connectivity index (χ0v) is 11.6. The Labute approximate surface area is 116 Å². The van der Waals surface area contributed by atoms with Crippen molar-refractivity contribution in [2.24, 2.45) is 0 Å². The summed E-state index contributed by atoms with van der Waals surface area (Å²) in [5, 5.41) is 0. The predicted octanol–water partition coefficient (Wildman–Crippen LogP) is 5.58. The molecule has 0 saturated carbocycles. The van der Waals surface area contributed by atoms with Gasteiger partial charge in [-0.1, -0.05) is 79.7 Å². The molecule has 0 spiro atoms. The molecule has 0 bridgehead atoms. The Hall–Kier alpha value is -2.08. The molecule has 0 unspecified atom stereocenters. The minimum Gasteiger partial charge on any atom is -0.0798 e. The van der Waals surface area contributed by atoms with Crippen molar-refractivity contribution in [1.29, 1.82) is 0 Å². The zero-order valence-electron chi connectivity index (χ0n) is 11.6. The van der Waals surface area contributed by atoms with E-state index in [2.05, 4.69) is 86.7 Å². The van der Waals surface area contributed by atoms with Gasteiger partial charge in [-0.3, -0.25) is 0 Å². The fourth-order valence-electron chi connectivity index (χ4n) is 2.19. The molecule has 0 amide bonds. The Morgan fingerprint density at radius 1 is 0.842 bits per heavy atom. The second-order valence-corrected chi connectivity index (χ2v) is 4.50. The number of hydrogen-bond donors (Lipinski definition) is 0. The van der Waals surface area contributed by atoms with Gasteiger partial charge in [-0.25, -0.2) is 0 Å². The summed E-state index contributed by atoms with van der Waals surface area (Å²) in [6.45, 7) is 4.30. The Kier molecular flexibility index (Phi) is 4.74. The molecule has 0 heterocycles. The molecule has 0 aliphatic heterocycles. The SMILES string of the molecule is C/C=C(\C=C(/CC)c1ccccc1)c1ccccc1. The van der Waals surface area contributed by atoms with Crippen LogP contribution in [-0.4, -0.2) is 0 Å². The molecule has 19 heavy (non-hydrogen) atoms. The van der Waals surface area contributed by atoms with Crippen LogP contribution in [0.3, 0.4) is 0 Å². The first-order valence-corrected chi connectivity index (χ1v) is 6.83. The average molecular weight is 248 g/mol. The van der Waals surface area contributed by atoms with Gasteiger partial charge in [-0.15, -0.1) is 0 Å². The molecular weight excluding hydrogens is 228 g/mol. The lowest BCUT2D eigenvalue weighted by molar-refractivity contribution is 1.24. The van der Waals surface area contributed by atoms with Gasteiger partial charge in [0.05, 0.1) is 0 Å². The van der Waals surface area contributed by atoms with Gasteiger partial charge in [0.15, 0.2) is 0 Å². The van der Waals surface area contributed by atoms with Gasteiger partial charge in [0.1, 0.15) is 0 Å². The van der Waals surface area contributed by atoms with E-state index < -0.39 is 0 Å². The molecule has 2 rings (SSSR count). The lowest BCUT2D eigenvalue weighted by Crippen LogP contribution is -1.86. The smallest absolute Gasteiger partial charge is 0.0187 e. The van der Waals surface area contributed by atoms with E-state index in [9.17, 15) is 0 Å². The third kappa shape index (κ3) is 3.45. The van der Waals surface area contributed by atoms with E-state index in [1.807, 2.05) is 0 Å². The molecule has 2 aromatic carbocycles. The third-order valence-electron chi connectivity index (χ3n) is 3.27. The van der Waals surface area contributed by atoms with Gasteiger partial charge in [0, 0.05) is 0 Å². The molecule has 0 heteroatoms. The average Bonchev–Trinajstić information content (AvgIpc) is 2.50. The molecule has 0 radical (unpaired) electrons. The van der Waals surface area contributed by atoms with Gasteiger partial charge in [0.2, 0.25) is 0 Å². The van der Waals surface area contributed by atoms with Crippen molar-refractivity contribution >= 4 is 11.1 Å². The summed E-state index contributed by atoms with van der Waals surface area (Å²) in [4.78, 5) is 0. The van der Waals surface area contributed by atoms with Crippen LogP contribution >= 0.6 is 0 Å². The van der Waals surface area contributed by atoms with Crippen molar-refractivity contribution in [3.63, 3.8) is 0 Å². The standard InChI is InChI=1S/C19H20/c1-3-16(18-11-7-5-8-12-18)15-17(4-2)19-13-9-6-10-14-19/h3,5-15H,4H2,1-2H3/b16-3+,17-15+. The molecule has 2 aromatic rings. The summed E-state index contributed by atoms with van der Waals surface area (Å²) in [5.41, 5.74) is 5.23. The highest BCUT2D eigenvalue weighted by Crippen LogP contribution is 2.24. The summed E-state index contributed by atoms with van der Waals surface area (Å²) < 4.78 is 0. The molecular formula is C19H20. The maximum atomic E-state index is 2.30. The molecule has 0 nitrogen and oxygen atoms in total. The Morgan fingerprint density at radius 3 is 1.84 bits per heavy atom. The van der Waals surface area contributed by atoms with Crippen LogP contribution in [0.25, 0.3) is 11.1 Å². The van der Waals surface area contributed by atoms with Crippen molar-refractivity contribution in [3.8, 4) is 0 Å². The van der Waals surface area contributed by atoms with E-state index in [-0.39, 0.29) is 0 Å². The number of hydrogen-bond acceptors (Lipinski definition) is 0. The largest absolute Gasteiger partial charge is 0.0798 e. The van der Waals surface area contributed by atoms with E-state index in [1.54, 1.807) is 0 Å². The fourth-order valence-corrected chi connectivity index (χ4v) is 2.19. The first-order chi connectivity index (χ1) is 9.35. The van der Waals surface area contributed by atoms with Crippen molar-refractivity contribution in [2.45, 2.75) is 20.3 Å². The summed E-state index contributed by atoms with van der Waals surface area (Å²) in [5.74, 6) is 0. The number of rotatable bonds is 4. The minimum atomic E-state index is 1.04. The van der Waals surface area contributed by atoms with Gasteiger partial charge in [-0.2, -0.15) is 0 Å². The highest BCUT2D eigenvalue weighted by Gasteiger charge is 2.01. The highest BCUT2D eigenvalue weighted by atomic mass is 14.1. The summed E-state index contributed by atoms with van der Waals surface area (Å²) in [7, 11) is 0. The topological polar surface area (TPSA) is 0 Å². The van der Waals surface area contributed by atoms with Crippen molar-refractivity contribution < 1.29 is 0 Å². The van der Waals surface area contributed by atoms with Crippen molar-refractivity contribution in [3.05, 3.63) is 83.9 Å². The van der Waals surface area contributed by atoms with Crippen molar-refractivity contribution in [1.82, 2.24) is 0 Å². The van der Waals surface area contributed by atoms with Gasteiger partial charge in [-0.05, 0) is 35.6 Å². The number of benzene rings is 2. The van der Waals surface area contributed by atoms with Crippen LogP contribution in [0.4, 0.5) is 0 Å². The maximum absolute atomic E-state index is 2.30. The zero-order chi connectivity index (χ0) is 13.5. The van der Waals surface area contributed by atoms with E-state index in [4.69, 9.17) is 0 Å². The minimum absolute atomic E-state index is 1.04. The Morgan fingerprint density at radius 2 is 1.37 bits per heavy atom. The number of allylic oxidation sites excluding steroid dienone is 4. The molecule has 0 aliphatic rings. The third-order valence-corrected chi connectivity index (χ3v) is 3.27. The van der Waals surface area contributed by atoms with Crippen LogP contribution in [0.1, 0.15) is 31.4 Å². The van der Waals surface area contributed by atoms with Crippen LogP contribution in [0.2, 0.25) is 0 Å². The Bertz CT molecular complexity index is 560. The van der Waals surface area contributed by atoms with Gasteiger partial charge >= 0.3 is 0 Å². The first-order valence-electron chi connectivity index (χ1n) is 6.83. The monoisotopic (exact) mass is 248 g/mol. The Balaban J connectivity index is 2.37. The summed E-state index contributed by atoms with van der Waals surface area (Å²) in [6, 6.07) is 21.1. The van der Waals surface area contributed by atoms with Gasteiger partial charge in [0.25, 0.3) is 0 Å². The molecule has 0 fully saturated rings. The molecule has 96 valence electrons. The molecule has 0 aliphatic carbocycles. The lowest BCUT2D eigenvalue weighted by Gasteiger charge is -2.08. The lowest BCUT2D eigenvalue weighted by atomic mass is 9.97. The van der Waals surface area contributed by atoms with Crippen LogP contribution in [-0.2, 0) is 0 Å². The normalized spacial score (nSPS) is 12.5. The molecule has 0 atom stereocenters. The van der Waals surface area contributed by atoms with E-state index >= 15 is 0 Å². The maximum Gasteiger partial charge on any atom is -0.0187 e. The molecule has 0 saturated heterocycles. The summed E-state index contributed by atoms with van der Waals surface area (Å²) in [6.07, 6.45) is 5.51. The van der Waals surface area contributed by atoms with Crippen LogP contribution in [0.15, 0.2) is 72.8 Å². The van der Waals surface area contributed by atoms with E-state index in [1.165, 1.54) is 22.3 Å². The predicted molar refractivity (Wildman–Crippen MR) is 84.8 cm³/mol.